The first-order valence-electron chi connectivity index (χ1n) is 6.98. The van der Waals surface area contributed by atoms with Crippen molar-refractivity contribution in [2.75, 3.05) is 32.1 Å². The van der Waals surface area contributed by atoms with E-state index >= 15 is 0 Å². The molecule has 1 aromatic rings. The first-order chi connectivity index (χ1) is 10.1. The summed E-state index contributed by atoms with van der Waals surface area (Å²) in [4.78, 5) is 25.7. The SMILES string of the molecule is CCN1CCO[C@@H](CC(=O)Nc2ccc(OC)cc2)C1=O. The van der Waals surface area contributed by atoms with Crippen molar-refractivity contribution in [3.63, 3.8) is 0 Å². The van der Waals surface area contributed by atoms with Crippen molar-refractivity contribution >= 4 is 17.5 Å². The molecule has 1 heterocycles. The molecule has 21 heavy (non-hydrogen) atoms. The third-order valence-corrected chi connectivity index (χ3v) is 3.39. The molecule has 1 aliphatic heterocycles. The van der Waals surface area contributed by atoms with Crippen LogP contribution in [0.2, 0.25) is 0 Å². The first kappa shape index (κ1) is 15.3. The van der Waals surface area contributed by atoms with Gasteiger partial charge in [-0.25, -0.2) is 0 Å². The van der Waals surface area contributed by atoms with Crippen molar-refractivity contribution < 1.29 is 19.1 Å². The van der Waals surface area contributed by atoms with Crippen molar-refractivity contribution in [2.45, 2.75) is 19.4 Å². The molecule has 114 valence electrons. The standard InChI is InChI=1S/C15H20N2O4/c1-3-17-8-9-21-13(15(17)19)10-14(18)16-11-4-6-12(20-2)7-5-11/h4-7,13H,3,8-10H2,1-2H3,(H,16,18)/t13-/m0/s1. The number of carbonyl (C=O) groups excluding carboxylic acids is 2. The molecular formula is C15H20N2O4. The average Bonchev–Trinajstić information content (AvgIpc) is 2.50. The predicted octanol–water partition coefficient (Wildman–Crippen LogP) is 1.27. The highest BCUT2D eigenvalue weighted by Crippen LogP contribution is 2.16. The number of methoxy groups -OCH3 is 1. The maximum atomic E-state index is 12.0. The smallest absolute Gasteiger partial charge is 0.252 e. The molecular weight excluding hydrogens is 272 g/mol. The third-order valence-electron chi connectivity index (χ3n) is 3.39. The highest BCUT2D eigenvalue weighted by molar-refractivity contribution is 5.95. The van der Waals surface area contributed by atoms with Crippen molar-refractivity contribution in [1.29, 1.82) is 0 Å². The van der Waals surface area contributed by atoms with Crippen LogP contribution in [0.25, 0.3) is 0 Å². The summed E-state index contributed by atoms with van der Waals surface area (Å²) in [5.74, 6) is 0.363. The van der Waals surface area contributed by atoms with Gasteiger partial charge in [-0.2, -0.15) is 0 Å². The van der Waals surface area contributed by atoms with Crippen LogP contribution in [0.5, 0.6) is 5.75 Å². The molecule has 0 spiro atoms. The normalized spacial score (nSPS) is 18.5. The second-order valence-electron chi connectivity index (χ2n) is 4.76. The summed E-state index contributed by atoms with van der Waals surface area (Å²) >= 11 is 0. The zero-order valence-corrected chi connectivity index (χ0v) is 12.3. The molecule has 1 fully saturated rings. The predicted molar refractivity (Wildman–Crippen MR) is 78.2 cm³/mol. The Bertz CT molecular complexity index is 501. The zero-order chi connectivity index (χ0) is 15.2. The van der Waals surface area contributed by atoms with Crippen molar-refractivity contribution in [3.8, 4) is 5.75 Å². The van der Waals surface area contributed by atoms with Gasteiger partial charge in [0, 0.05) is 18.8 Å². The lowest BCUT2D eigenvalue weighted by Crippen LogP contribution is -2.48. The quantitative estimate of drug-likeness (QED) is 0.887. The second kappa shape index (κ2) is 7.08. The number of morpholine rings is 1. The Morgan fingerprint density at radius 2 is 2.14 bits per heavy atom. The molecule has 2 amide bonds. The third kappa shape index (κ3) is 3.95. The van der Waals surface area contributed by atoms with Gasteiger partial charge in [-0.3, -0.25) is 9.59 Å². The lowest BCUT2D eigenvalue weighted by Gasteiger charge is -2.31. The summed E-state index contributed by atoms with van der Waals surface area (Å²) in [6, 6.07) is 7.02. The van der Waals surface area contributed by atoms with E-state index in [0.29, 0.717) is 25.4 Å². The summed E-state index contributed by atoms with van der Waals surface area (Å²) in [6.45, 7) is 3.61. The van der Waals surface area contributed by atoms with Crippen LogP contribution in [0, 0.1) is 0 Å². The fraction of sp³-hybridized carbons (Fsp3) is 0.467. The molecule has 1 aliphatic rings. The molecule has 1 N–H and O–H groups in total. The van der Waals surface area contributed by atoms with Gasteiger partial charge >= 0.3 is 0 Å². The molecule has 0 aromatic heterocycles. The molecule has 1 atom stereocenters. The zero-order valence-electron chi connectivity index (χ0n) is 12.3. The molecule has 0 radical (unpaired) electrons. The van der Waals surface area contributed by atoms with Gasteiger partial charge in [0.2, 0.25) is 5.91 Å². The molecule has 0 bridgehead atoms. The number of nitrogens with one attached hydrogen (secondary N) is 1. The van der Waals surface area contributed by atoms with Gasteiger partial charge in [0.05, 0.1) is 20.1 Å². The highest BCUT2D eigenvalue weighted by Gasteiger charge is 2.30. The topological polar surface area (TPSA) is 67.9 Å². The Balaban J connectivity index is 1.90. The summed E-state index contributed by atoms with van der Waals surface area (Å²) in [6.07, 6.45) is -0.654. The Labute approximate surface area is 124 Å². The largest absolute Gasteiger partial charge is 0.497 e. The summed E-state index contributed by atoms with van der Waals surface area (Å²) < 4.78 is 10.4. The van der Waals surface area contributed by atoms with Crippen LogP contribution < -0.4 is 10.1 Å². The Kier molecular flexibility index (Phi) is 5.16. The first-order valence-corrected chi connectivity index (χ1v) is 6.98. The van der Waals surface area contributed by atoms with Crippen LogP contribution in [0.15, 0.2) is 24.3 Å². The number of carbonyl (C=O) groups is 2. The summed E-state index contributed by atoms with van der Waals surface area (Å²) in [5.41, 5.74) is 0.663. The fourth-order valence-electron chi connectivity index (χ4n) is 2.21. The highest BCUT2D eigenvalue weighted by atomic mass is 16.5. The van der Waals surface area contributed by atoms with Gasteiger partial charge in [-0.1, -0.05) is 0 Å². The second-order valence-corrected chi connectivity index (χ2v) is 4.76. The lowest BCUT2D eigenvalue weighted by molar-refractivity contribution is -0.154. The molecule has 0 aliphatic carbocycles. The number of amides is 2. The Hall–Kier alpha value is -2.08. The van der Waals surface area contributed by atoms with E-state index in [2.05, 4.69) is 5.32 Å². The fourth-order valence-corrected chi connectivity index (χ4v) is 2.21. The number of ether oxygens (including phenoxy) is 2. The number of hydrogen-bond donors (Lipinski definition) is 1. The molecule has 0 saturated carbocycles. The lowest BCUT2D eigenvalue weighted by atomic mass is 10.1. The Morgan fingerprint density at radius 3 is 2.76 bits per heavy atom. The number of nitrogens with zero attached hydrogens (tertiary/aromatic N) is 1. The van der Waals surface area contributed by atoms with Crippen molar-refractivity contribution in [3.05, 3.63) is 24.3 Å². The van der Waals surface area contributed by atoms with Gasteiger partial charge in [-0.15, -0.1) is 0 Å². The van der Waals surface area contributed by atoms with Crippen molar-refractivity contribution in [2.24, 2.45) is 0 Å². The van der Waals surface area contributed by atoms with E-state index in [0.717, 1.165) is 5.75 Å². The molecule has 6 heteroatoms. The van der Waals surface area contributed by atoms with E-state index in [1.165, 1.54) is 0 Å². The number of likely N-dealkylation sites (N-methyl/N-ethyl adjacent to an activating group) is 1. The van der Waals surface area contributed by atoms with E-state index in [9.17, 15) is 9.59 Å². The van der Waals surface area contributed by atoms with Crippen LogP contribution in [-0.4, -0.2) is 49.6 Å². The van der Waals surface area contributed by atoms with E-state index in [1.807, 2.05) is 6.92 Å². The van der Waals surface area contributed by atoms with Gasteiger partial charge in [0.25, 0.3) is 5.91 Å². The van der Waals surface area contributed by atoms with E-state index in [4.69, 9.17) is 9.47 Å². The number of anilines is 1. The molecule has 6 nitrogen and oxygen atoms in total. The van der Waals surface area contributed by atoms with Crippen LogP contribution in [0.4, 0.5) is 5.69 Å². The average molecular weight is 292 g/mol. The van der Waals surface area contributed by atoms with Crippen molar-refractivity contribution in [1.82, 2.24) is 4.90 Å². The van der Waals surface area contributed by atoms with Crippen LogP contribution in [0.1, 0.15) is 13.3 Å². The molecule has 1 aromatic carbocycles. The monoisotopic (exact) mass is 292 g/mol. The van der Waals surface area contributed by atoms with E-state index < -0.39 is 6.10 Å². The van der Waals surface area contributed by atoms with Gasteiger partial charge < -0.3 is 19.7 Å². The Morgan fingerprint density at radius 1 is 1.43 bits per heavy atom. The minimum atomic E-state index is -0.683. The van der Waals surface area contributed by atoms with Gasteiger partial charge in [-0.05, 0) is 31.2 Å². The van der Waals surface area contributed by atoms with Crippen LogP contribution >= 0.6 is 0 Å². The van der Waals surface area contributed by atoms with Crippen LogP contribution in [-0.2, 0) is 14.3 Å². The minimum Gasteiger partial charge on any atom is -0.497 e. The van der Waals surface area contributed by atoms with Gasteiger partial charge in [0.15, 0.2) is 0 Å². The number of rotatable bonds is 5. The summed E-state index contributed by atoms with van der Waals surface area (Å²) in [5, 5.41) is 2.75. The van der Waals surface area contributed by atoms with E-state index in [1.54, 1.807) is 36.3 Å². The van der Waals surface area contributed by atoms with Gasteiger partial charge in [0.1, 0.15) is 11.9 Å². The summed E-state index contributed by atoms with van der Waals surface area (Å²) in [7, 11) is 1.58. The molecule has 1 saturated heterocycles. The van der Waals surface area contributed by atoms with E-state index in [-0.39, 0.29) is 18.2 Å². The maximum absolute atomic E-state index is 12.0. The molecule has 0 unspecified atom stereocenters. The number of hydrogen-bond acceptors (Lipinski definition) is 4. The molecule has 2 rings (SSSR count). The number of benzene rings is 1. The maximum Gasteiger partial charge on any atom is 0.252 e. The van der Waals surface area contributed by atoms with Crippen LogP contribution in [0.3, 0.4) is 0 Å². The minimum absolute atomic E-state index is 0.0291.